The molecule has 0 aliphatic rings. The minimum atomic E-state index is -0.984. The number of ether oxygens (including phenoxy) is 3. The van der Waals surface area contributed by atoms with E-state index >= 15 is 0 Å². The highest BCUT2D eigenvalue weighted by atomic mass is 16.5. The Kier molecular flexibility index (Phi) is 6.97. The predicted octanol–water partition coefficient (Wildman–Crippen LogP) is 0.523. The van der Waals surface area contributed by atoms with Gasteiger partial charge in [-0.25, -0.2) is 19.6 Å². The van der Waals surface area contributed by atoms with Gasteiger partial charge in [-0.1, -0.05) is 0 Å². The molecule has 1 aromatic heterocycles. The van der Waals surface area contributed by atoms with E-state index in [4.69, 9.17) is 14.6 Å². The fourth-order valence-electron chi connectivity index (χ4n) is 1.24. The molecule has 0 fully saturated rings. The SMILES string of the molecule is COC(=O)c1cnc(OCCCCOCC(=O)O)cn1. The third-order valence-electron chi connectivity index (χ3n) is 2.18. The lowest BCUT2D eigenvalue weighted by atomic mass is 10.3. The van der Waals surface area contributed by atoms with Gasteiger partial charge in [0, 0.05) is 6.61 Å². The summed E-state index contributed by atoms with van der Waals surface area (Å²) in [6.07, 6.45) is 3.99. The van der Waals surface area contributed by atoms with Gasteiger partial charge >= 0.3 is 11.9 Å². The number of hydrogen-bond donors (Lipinski definition) is 1. The highest BCUT2D eigenvalue weighted by Gasteiger charge is 2.07. The average Bonchev–Trinajstić information content (AvgIpc) is 2.45. The number of esters is 1. The minimum Gasteiger partial charge on any atom is -0.480 e. The zero-order chi connectivity index (χ0) is 14.8. The number of aromatic nitrogens is 2. The Morgan fingerprint density at radius 1 is 1.20 bits per heavy atom. The molecule has 0 atom stereocenters. The van der Waals surface area contributed by atoms with Gasteiger partial charge in [0.1, 0.15) is 6.61 Å². The van der Waals surface area contributed by atoms with Crippen LogP contribution in [0.15, 0.2) is 12.4 Å². The molecule has 0 saturated heterocycles. The molecule has 1 rings (SSSR count). The van der Waals surface area contributed by atoms with Crippen LogP contribution in [-0.2, 0) is 14.3 Å². The van der Waals surface area contributed by atoms with Gasteiger partial charge in [-0.2, -0.15) is 0 Å². The number of carbonyl (C=O) groups excluding carboxylic acids is 1. The number of carboxylic acids is 1. The van der Waals surface area contributed by atoms with Gasteiger partial charge in [0.05, 0.1) is 26.1 Å². The van der Waals surface area contributed by atoms with Crippen LogP contribution in [0.25, 0.3) is 0 Å². The first-order valence-corrected chi connectivity index (χ1v) is 5.96. The van der Waals surface area contributed by atoms with Crippen LogP contribution >= 0.6 is 0 Å². The number of unbranched alkanes of at least 4 members (excludes halogenated alkanes) is 1. The largest absolute Gasteiger partial charge is 0.480 e. The topological polar surface area (TPSA) is 108 Å². The van der Waals surface area contributed by atoms with Crippen LogP contribution in [0.2, 0.25) is 0 Å². The Hall–Kier alpha value is -2.22. The molecule has 1 aromatic rings. The monoisotopic (exact) mass is 284 g/mol. The summed E-state index contributed by atoms with van der Waals surface area (Å²) in [5, 5.41) is 8.35. The number of carboxylic acid groups (broad SMARTS) is 1. The van der Waals surface area contributed by atoms with E-state index in [0.717, 1.165) is 0 Å². The maximum atomic E-state index is 11.1. The van der Waals surface area contributed by atoms with Crippen molar-refractivity contribution in [1.82, 2.24) is 9.97 Å². The summed E-state index contributed by atoms with van der Waals surface area (Å²) >= 11 is 0. The first kappa shape index (κ1) is 15.8. The van der Waals surface area contributed by atoms with Crippen LogP contribution in [0.3, 0.4) is 0 Å². The van der Waals surface area contributed by atoms with Gasteiger partial charge in [-0.05, 0) is 12.8 Å². The molecule has 0 aromatic carbocycles. The van der Waals surface area contributed by atoms with Crippen molar-refractivity contribution in [2.45, 2.75) is 12.8 Å². The molecular weight excluding hydrogens is 268 g/mol. The number of hydrogen-bond acceptors (Lipinski definition) is 7. The Balaban J connectivity index is 2.16. The second-order valence-electron chi connectivity index (χ2n) is 3.73. The third kappa shape index (κ3) is 6.10. The van der Waals surface area contributed by atoms with E-state index in [1.807, 2.05) is 0 Å². The van der Waals surface area contributed by atoms with Crippen molar-refractivity contribution in [3.05, 3.63) is 18.1 Å². The Morgan fingerprint density at radius 3 is 2.55 bits per heavy atom. The normalized spacial score (nSPS) is 10.1. The molecule has 0 radical (unpaired) electrons. The molecule has 20 heavy (non-hydrogen) atoms. The summed E-state index contributed by atoms with van der Waals surface area (Å²) in [6.45, 7) is 0.479. The number of carbonyl (C=O) groups is 2. The van der Waals surface area contributed by atoms with Crippen molar-refractivity contribution in [3.8, 4) is 5.88 Å². The van der Waals surface area contributed by atoms with E-state index in [9.17, 15) is 9.59 Å². The van der Waals surface area contributed by atoms with Crippen molar-refractivity contribution in [1.29, 1.82) is 0 Å². The van der Waals surface area contributed by atoms with Crippen LogP contribution in [0.1, 0.15) is 23.3 Å². The van der Waals surface area contributed by atoms with E-state index in [2.05, 4.69) is 14.7 Å². The summed E-state index contributed by atoms with van der Waals surface area (Å²) in [6, 6.07) is 0. The first-order valence-electron chi connectivity index (χ1n) is 5.96. The van der Waals surface area contributed by atoms with Gasteiger partial charge in [-0.15, -0.1) is 0 Å². The van der Waals surface area contributed by atoms with Crippen LogP contribution in [0, 0.1) is 0 Å². The predicted molar refractivity (Wildman–Crippen MR) is 66.6 cm³/mol. The zero-order valence-electron chi connectivity index (χ0n) is 11.1. The Morgan fingerprint density at radius 2 is 1.95 bits per heavy atom. The van der Waals surface area contributed by atoms with Crippen molar-refractivity contribution in [3.63, 3.8) is 0 Å². The molecule has 8 heteroatoms. The fraction of sp³-hybridized carbons (Fsp3) is 0.500. The highest BCUT2D eigenvalue weighted by Crippen LogP contribution is 2.05. The summed E-state index contributed by atoms with van der Waals surface area (Å²) in [5.74, 6) is -1.23. The molecule has 0 bridgehead atoms. The molecule has 0 unspecified atom stereocenters. The number of methoxy groups -OCH3 is 1. The Labute approximate surface area is 115 Å². The van der Waals surface area contributed by atoms with E-state index in [1.165, 1.54) is 19.5 Å². The van der Waals surface area contributed by atoms with E-state index in [0.29, 0.717) is 31.9 Å². The van der Waals surface area contributed by atoms with Crippen molar-refractivity contribution >= 4 is 11.9 Å². The molecule has 0 saturated carbocycles. The van der Waals surface area contributed by atoms with Gasteiger partial charge in [0.15, 0.2) is 5.69 Å². The van der Waals surface area contributed by atoms with Crippen molar-refractivity contribution in [2.24, 2.45) is 0 Å². The minimum absolute atomic E-state index is 0.113. The molecule has 110 valence electrons. The maximum Gasteiger partial charge on any atom is 0.358 e. The van der Waals surface area contributed by atoms with Gasteiger partial charge in [0.25, 0.3) is 0 Å². The van der Waals surface area contributed by atoms with Crippen LogP contribution < -0.4 is 4.74 Å². The lowest BCUT2D eigenvalue weighted by Gasteiger charge is -2.05. The van der Waals surface area contributed by atoms with Crippen molar-refractivity contribution in [2.75, 3.05) is 26.9 Å². The third-order valence-corrected chi connectivity index (χ3v) is 2.18. The smallest absolute Gasteiger partial charge is 0.358 e. The molecular formula is C12H16N2O6. The first-order chi connectivity index (χ1) is 9.63. The second kappa shape index (κ2) is 8.81. The van der Waals surface area contributed by atoms with E-state index in [-0.39, 0.29) is 12.3 Å². The summed E-state index contributed by atoms with van der Waals surface area (Å²) in [7, 11) is 1.26. The fourth-order valence-corrected chi connectivity index (χ4v) is 1.24. The molecule has 0 amide bonds. The van der Waals surface area contributed by atoms with E-state index < -0.39 is 11.9 Å². The number of aliphatic carboxylic acids is 1. The van der Waals surface area contributed by atoms with Crippen LogP contribution in [0.5, 0.6) is 5.88 Å². The maximum absolute atomic E-state index is 11.1. The summed E-state index contributed by atoms with van der Waals surface area (Å²) < 4.78 is 14.7. The standard InChI is InChI=1S/C12H16N2O6/c1-18-12(17)9-6-14-10(7-13-9)20-5-3-2-4-19-8-11(15)16/h6-7H,2-5,8H2,1H3,(H,15,16). The quantitative estimate of drug-likeness (QED) is 0.516. The lowest BCUT2D eigenvalue weighted by molar-refractivity contribution is -0.142. The average molecular weight is 284 g/mol. The zero-order valence-corrected chi connectivity index (χ0v) is 11.1. The summed E-state index contributed by atoms with van der Waals surface area (Å²) in [5.41, 5.74) is 0.113. The molecule has 8 nitrogen and oxygen atoms in total. The molecule has 1 heterocycles. The van der Waals surface area contributed by atoms with Gasteiger partial charge in [-0.3, -0.25) is 0 Å². The molecule has 1 N–H and O–H groups in total. The van der Waals surface area contributed by atoms with Gasteiger partial charge in [0.2, 0.25) is 5.88 Å². The highest BCUT2D eigenvalue weighted by molar-refractivity contribution is 5.86. The van der Waals surface area contributed by atoms with E-state index in [1.54, 1.807) is 0 Å². The lowest BCUT2D eigenvalue weighted by Crippen LogP contribution is -2.09. The van der Waals surface area contributed by atoms with Crippen molar-refractivity contribution < 1.29 is 28.9 Å². The second-order valence-corrected chi connectivity index (χ2v) is 3.73. The molecule has 0 spiro atoms. The number of nitrogens with zero attached hydrogens (tertiary/aromatic N) is 2. The number of rotatable bonds is 9. The molecule has 0 aliphatic heterocycles. The van der Waals surface area contributed by atoms with Crippen LogP contribution in [-0.4, -0.2) is 53.9 Å². The van der Waals surface area contributed by atoms with Crippen LogP contribution in [0.4, 0.5) is 0 Å². The van der Waals surface area contributed by atoms with Gasteiger partial charge < -0.3 is 19.3 Å². The Bertz CT molecular complexity index is 434. The summed E-state index contributed by atoms with van der Waals surface area (Å²) in [4.78, 5) is 29.0. The molecule has 0 aliphatic carbocycles.